The molecule has 1 N–H and O–H groups in total. The van der Waals surface area contributed by atoms with Gasteiger partial charge in [-0.25, -0.2) is 13.4 Å². The zero-order valence-electron chi connectivity index (χ0n) is 16.9. The van der Waals surface area contributed by atoms with Crippen molar-refractivity contribution in [1.82, 2.24) is 15.1 Å². The molecule has 0 aliphatic carbocycles. The van der Waals surface area contributed by atoms with Gasteiger partial charge in [0.25, 0.3) is 5.91 Å². The second-order valence-electron chi connectivity index (χ2n) is 6.96. The Morgan fingerprint density at radius 3 is 2.58 bits per heavy atom. The van der Waals surface area contributed by atoms with Gasteiger partial charge in [-0.3, -0.25) is 15.1 Å². The van der Waals surface area contributed by atoms with Crippen LogP contribution in [0.15, 0.2) is 57.5 Å². The number of thiazole rings is 1. The highest BCUT2D eigenvalue weighted by Gasteiger charge is 2.20. The first-order valence-corrected chi connectivity index (χ1v) is 12.0. The van der Waals surface area contributed by atoms with Crippen molar-refractivity contribution >= 4 is 32.2 Å². The van der Waals surface area contributed by atoms with Crippen LogP contribution in [0.4, 0.5) is 5.13 Å². The van der Waals surface area contributed by atoms with Crippen LogP contribution in [0.25, 0.3) is 22.7 Å². The van der Waals surface area contributed by atoms with Gasteiger partial charge in [0.1, 0.15) is 11.3 Å². The van der Waals surface area contributed by atoms with E-state index in [9.17, 15) is 13.2 Å². The maximum absolute atomic E-state index is 12.8. The number of carbonyl (C=O) groups is 1. The molecule has 0 aliphatic heterocycles. The quantitative estimate of drug-likeness (QED) is 0.482. The molecule has 0 spiro atoms. The third-order valence-corrected chi connectivity index (χ3v) is 6.69. The lowest BCUT2D eigenvalue weighted by Crippen LogP contribution is -2.12. The smallest absolute Gasteiger partial charge is 0.263 e. The Kier molecular flexibility index (Phi) is 5.42. The van der Waals surface area contributed by atoms with Gasteiger partial charge in [0.2, 0.25) is 0 Å². The molecule has 0 saturated heterocycles. The van der Waals surface area contributed by atoms with Crippen molar-refractivity contribution in [3.63, 3.8) is 0 Å². The third kappa shape index (κ3) is 4.25. The first-order valence-electron chi connectivity index (χ1n) is 9.18. The summed E-state index contributed by atoms with van der Waals surface area (Å²) in [5.74, 6) is -0.191. The Bertz CT molecular complexity index is 1370. The monoisotopic (exact) mass is 454 g/mol. The largest absolute Gasteiger partial charge is 0.355 e. The van der Waals surface area contributed by atoms with Crippen LogP contribution in [0.5, 0.6) is 0 Å². The highest BCUT2D eigenvalue weighted by Crippen LogP contribution is 2.29. The molecule has 1 aromatic carbocycles. The van der Waals surface area contributed by atoms with Crippen LogP contribution in [-0.4, -0.2) is 35.7 Å². The number of anilines is 1. The summed E-state index contributed by atoms with van der Waals surface area (Å²) < 4.78 is 28.5. The molecule has 0 fully saturated rings. The van der Waals surface area contributed by atoms with Gasteiger partial charge < -0.3 is 4.52 Å². The van der Waals surface area contributed by atoms with E-state index in [2.05, 4.69) is 20.4 Å². The molecular formula is C21H18N4O4S2. The average Bonchev–Trinajstić information content (AvgIpc) is 3.39. The Balaban J connectivity index is 1.57. The number of hydrogen-bond acceptors (Lipinski definition) is 8. The molecule has 3 heterocycles. The van der Waals surface area contributed by atoms with Crippen LogP contribution in [0.3, 0.4) is 0 Å². The van der Waals surface area contributed by atoms with Crippen LogP contribution in [0.1, 0.15) is 21.5 Å². The summed E-state index contributed by atoms with van der Waals surface area (Å²) in [4.78, 5) is 21.9. The van der Waals surface area contributed by atoms with Crippen molar-refractivity contribution in [2.24, 2.45) is 0 Å². The molecule has 4 aromatic rings. The molecule has 0 radical (unpaired) electrons. The lowest BCUT2D eigenvalue weighted by Gasteiger charge is -2.04. The number of nitrogens with one attached hydrogen (secondary N) is 1. The number of aromatic nitrogens is 3. The summed E-state index contributed by atoms with van der Waals surface area (Å²) in [7, 11) is -3.32. The molecule has 0 aliphatic rings. The number of hydrogen-bond donors (Lipinski definition) is 1. The number of sulfone groups is 1. The Morgan fingerprint density at radius 2 is 1.87 bits per heavy atom. The summed E-state index contributed by atoms with van der Waals surface area (Å²) >= 11 is 1.29. The second kappa shape index (κ2) is 8.05. The number of nitrogens with zero attached hydrogens (tertiary/aromatic N) is 3. The Morgan fingerprint density at radius 1 is 1.13 bits per heavy atom. The fourth-order valence-electron chi connectivity index (χ4n) is 2.96. The number of aryl methyl sites for hydroxylation is 1. The molecule has 0 bridgehead atoms. The second-order valence-corrected chi connectivity index (χ2v) is 9.83. The van der Waals surface area contributed by atoms with Crippen LogP contribution in [-0.2, 0) is 9.84 Å². The van der Waals surface area contributed by atoms with E-state index in [1.54, 1.807) is 18.3 Å². The molecule has 3 aromatic heterocycles. The van der Waals surface area contributed by atoms with E-state index >= 15 is 0 Å². The predicted octanol–water partition coefficient (Wildman–Crippen LogP) is 4.13. The van der Waals surface area contributed by atoms with Gasteiger partial charge >= 0.3 is 0 Å². The van der Waals surface area contributed by atoms with Gasteiger partial charge in [0.05, 0.1) is 16.8 Å². The minimum Gasteiger partial charge on any atom is -0.355 e. The maximum Gasteiger partial charge on any atom is 0.263 e. The van der Waals surface area contributed by atoms with E-state index in [0.717, 1.165) is 23.1 Å². The predicted molar refractivity (Wildman–Crippen MR) is 118 cm³/mol. The molecule has 10 heteroatoms. The molecule has 31 heavy (non-hydrogen) atoms. The van der Waals surface area contributed by atoms with Gasteiger partial charge in [0, 0.05) is 23.4 Å². The highest BCUT2D eigenvalue weighted by molar-refractivity contribution is 7.90. The fourth-order valence-corrected chi connectivity index (χ4v) is 4.28. The van der Waals surface area contributed by atoms with Crippen molar-refractivity contribution in [1.29, 1.82) is 0 Å². The summed E-state index contributed by atoms with van der Waals surface area (Å²) in [6.07, 6.45) is 4.18. The van der Waals surface area contributed by atoms with Gasteiger partial charge in [-0.15, -0.1) is 11.3 Å². The zero-order chi connectivity index (χ0) is 22.2. The average molecular weight is 455 g/mol. The van der Waals surface area contributed by atoms with Crippen LogP contribution in [0.2, 0.25) is 0 Å². The fraction of sp³-hybridized carbons (Fsp3) is 0.143. The number of rotatable bonds is 5. The minimum atomic E-state index is -3.32. The molecule has 4 rings (SSSR count). The van der Waals surface area contributed by atoms with Crippen LogP contribution < -0.4 is 5.32 Å². The van der Waals surface area contributed by atoms with Crippen LogP contribution >= 0.6 is 11.3 Å². The topological polar surface area (TPSA) is 115 Å². The lowest BCUT2D eigenvalue weighted by atomic mass is 10.1. The molecule has 0 saturated carbocycles. The SMILES string of the molecule is Cc1ccnc(-c2csc(NC(=O)c3cnoc3-c3ccc(S(C)(=O)=O)cc3)n2)c1C. The van der Waals surface area contributed by atoms with E-state index in [4.69, 9.17) is 4.52 Å². The third-order valence-electron chi connectivity index (χ3n) is 4.80. The van der Waals surface area contributed by atoms with Crippen molar-refractivity contribution in [3.8, 4) is 22.7 Å². The zero-order valence-corrected chi connectivity index (χ0v) is 18.5. The molecule has 158 valence electrons. The standard InChI is InChI=1S/C21H18N4O4S2/c1-12-8-9-22-18(13(12)2)17-11-30-21(24-17)25-20(26)16-10-23-29-19(16)14-4-6-15(7-5-14)31(3,27)28/h4-11H,1-3H3,(H,24,25,26). The van der Waals surface area contributed by atoms with Crippen LogP contribution in [0, 0.1) is 13.8 Å². The van der Waals surface area contributed by atoms with Crippen molar-refractivity contribution in [3.05, 3.63) is 64.8 Å². The minimum absolute atomic E-state index is 0.178. The van der Waals surface area contributed by atoms with Crippen molar-refractivity contribution in [2.45, 2.75) is 18.7 Å². The van der Waals surface area contributed by atoms with E-state index in [-0.39, 0.29) is 16.2 Å². The van der Waals surface area contributed by atoms with Gasteiger partial charge in [0.15, 0.2) is 20.7 Å². The highest BCUT2D eigenvalue weighted by atomic mass is 32.2. The van der Waals surface area contributed by atoms with Crippen molar-refractivity contribution in [2.75, 3.05) is 11.6 Å². The number of amides is 1. The molecule has 8 nitrogen and oxygen atoms in total. The molecule has 0 unspecified atom stereocenters. The first-order chi connectivity index (χ1) is 14.7. The van der Waals surface area contributed by atoms with Gasteiger partial charge in [-0.2, -0.15) is 0 Å². The van der Waals surface area contributed by atoms with Gasteiger partial charge in [-0.1, -0.05) is 5.16 Å². The molecule has 1 amide bonds. The first kappa shape index (κ1) is 20.9. The Hall–Kier alpha value is -3.37. The Labute approximate surface area is 182 Å². The van der Waals surface area contributed by atoms with E-state index in [1.165, 1.54) is 29.7 Å². The van der Waals surface area contributed by atoms with E-state index in [0.29, 0.717) is 16.4 Å². The summed E-state index contributed by atoms with van der Waals surface area (Å²) in [5, 5.41) is 8.74. The number of carbonyl (C=O) groups excluding carboxylic acids is 1. The number of pyridine rings is 1. The summed E-state index contributed by atoms with van der Waals surface area (Å²) in [5.41, 5.74) is 4.35. The summed E-state index contributed by atoms with van der Waals surface area (Å²) in [6.45, 7) is 3.99. The van der Waals surface area contributed by atoms with E-state index < -0.39 is 15.7 Å². The summed E-state index contributed by atoms with van der Waals surface area (Å²) in [6, 6.07) is 7.99. The van der Waals surface area contributed by atoms with Crippen molar-refractivity contribution < 1.29 is 17.7 Å². The lowest BCUT2D eigenvalue weighted by molar-refractivity contribution is 0.102. The van der Waals surface area contributed by atoms with Gasteiger partial charge in [-0.05, 0) is 55.3 Å². The maximum atomic E-state index is 12.8. The normalized spacial score (nSPS) is 11.5. The molecule has 0 atom stereocenters. The van der Waals surface area contributed by atoms with E-state index in [1.807, 2.05) is 25.3 Å². The number of benzene rings is 1. The molecular weight excluding hydrogens is 436 g/mol.